The van der Waals surface area contributed by atoms with Crippen LogP contribution in [-0.4, -0.2) is 53.2 Å². The summed E-state index contributed by atoms with van der Waals surface area (Å²) in [7, 11) is 2.20. The zero-order chi connectivity index (χ0) is 17.1. The molecule has 0 amide bonds. The van der Waals surface area contributed by atoms with E-state index in [4.69, 9.17) is 4.74 Å². The van der Waals surface area contributed by atoms with Gasteiger partial charge in [0.05, 0.1) is 17.9 Å². The van der Waals surface area contributed by atoms with Gasteiger partial charge in [-0.15, -0.1) is 11.3 Å². The Labute approximate surface area is 154 Å². The number of likely N-dealkylation sites (tertiary alicyclic amines) is 1. The Morgan fingerprint density at radius 3 is 2.88 bits per heavy atom. The van der Waals surface area contributed by atoms with Crippen LogP contribution in [0.1, 0.15) is 29.8 Å². The molecule has 0 N–H and O–H groups in total. The zero-order valence-electron chi connectivity index (χ0n) is 14.9. The minimum Gasteiger partial charge on any atom is -0.373 e. The summed E-state index contributed by atoms with van der Waals surface area (Å²) in [5.41, 5.74) is 1.24. The third-order valence-electron chi connectivity index (χ3n) is 5.68. The summed E-state index contributed by atoms with van der Waals surface area (Å²) < 4.78 is 6.35. The van der Waals surface area contributed by atoms with Crippen LogP contribution < -0.4 is 0 Å². The van der Waals surface area contributed by atoms with Crippen molar-refractivity contribution in [3.8, 4) is 0 Å². The molecular weight excluding hydrogens is 330 g/mol. The first kappa shape index (κ1) is 17.2. The van der Waals surface area contributed by atoms with Gasteiger partial charge >= 0.3 is 0 Å². The minimum atomic E-state index is 0.106. The van der Waals surface area contributed by atoms with Crippen molar-refractivity contribution in [2.75, 3.05) is 26.7 Å². The quantitative estimate of drug-likeness (QED) is 0.820. The fourth-order valence-corrected chi connectivity index (χ4v) is 4.82. The van der Waals surface area contributed by atoms with Crippen molar-refractivity contribution >= 4 is 11.3 Å². The van der Waals surface area contributed by atoms with Crippen LogP contribution in [0.25, 0.3) is 0 Å². The normalized spacial score (nSPS) is 23.5. The molecule has 5 heteroatoms. The number of rotatable bonds is 5. The second-order valence-corrected chi connectivity index (χ2v) is 8.48. The van der Waals surface area contributed by atoms with Crippen molar-refractivity contribution in [3.05, 3.63) is 52.5 Å². The van der Waals surface area contributed by atoms with Crippen LogP contribution in [0.3, 0.4) is 0 Å². The van der Waals surface area contributed by atoms with Gasteiger partial charge in [-0.25, -0.2) is 0 Å². The molecule has 134 valence electrons. The molecule has 0 aromatic carbocycles. The molecule has 0 unspecified atom stereocenters. The van der Waals surface area contributed by atoms with E-state index >= 15 is 0 Å². The Hall–Kier alpha value is -1.27. The number of ether oxygens (including phenoxy) is 1. The van der Waals surface area contributed by atoms with Crippen LogP contribution in [0.4, 0.5) is 0 Å². The molecule has 2 aliphatic heterocycles. The van der Waals surface area contributed by atoms with Crippen molar-refractivity contribution in [2.45, 2.75) is 44.0 Å². The van der Waals surface area contributed by atoms with Gasteiger partial charge in [0.15, 0.2) is 0 Å². The average molecular weight is 358 g/mol. The third-order valence-corrected chi connectivity index (χ3v) is 6.54. The molecule has 1 atom stereocenters. The van der Waals surface area contributed by atoms with Gasteiger partial charge in [-0.2, -0.15) is 0 Å². The molecule has 2 saturated heterocycles. The number of piperidine rings is 1. The van der Waals surface area contributed by atoms with Crippen LogP contribution in [-0.2, 0) is 17.8 Å². The minimum absolute atomic E-state index is 0.106. The van der Waals surface area contributed by atoms with Crippen molar-refractivity contribution < 1.29 is 4.74 Å². The van der Waals surface area contributed by atoms with E-state index in [9.17, 15) is 0 Å². The summed E-state index contributed by atoms with van der Waals surface area (Å²) in [5.74, 6) is 0. The number of thiophene rings is 1. The molecule has 2 aromatic heterocycles. The second kappa shape index (κ2) is 7.54. The van der Waals surface area contributed by atoms with E-state index in [0.717, 1.165) is 57.7 Å². The van der Waals surface area contributed by atoms with Gasteiger partial charge in [0.1, 0.15) is 0 Å². The number of aromatic nitrogens is 1. The third kappa shape index (κ3) is 4.11. The molecule has 25 heavy (non-hydrogen) atoms. The smallest absolute Gasteiger partial charge is 0.0723 e. The maximum atomic E-state index is 6.35. The molecule has 4 heterocycles. The summed E-state index contributed by atoms with van der Waals surface area (Å²) in [4.78, 5) is 10.9. The molecule has 2 aromatic rings. The molecule has 0 saturated carbocycles. The number of hydrogen-bond acceptors (Lipinski definition) is 5. The highest BCUT2D eigenvalue weighted by atomic mass is 32.1. The topological polar surface area (TPSA) is 28.6 Å². The fraction of sp³-hybridized carbons (Fsp3) is 0.550. The summed E-state index contributed by atoms with van der Waals surface area (Å²) in [6.07, 6.45) is 5.35. The number of likely N-dealkylation sites (N-methyl/N-ethyl adjacent to an activating group) is 1. The lowest BCUT2D eigenvalue weighted by atomic mass is 9.87. The molecule has 0 radical (unpaired) electrons. The lowest BCUT2D eigenvalue weighted by Crippen LogP contribution is -2.44. The van der Waals surface area contributed by atoms with Gasteiger partial charge in [-0.05, 0) is 49.9 Å². The van der Waals surface area contributed by atoms with E-state index in [-0.39, 0.29) is 5.60 Å². The summed E-state index contributed by atoms with van der Waals surface area (Å²) in [5, 5.41) is 2.17. The molecule has 4 rings (SSSR count). The van der Waals surface area contributed by atoms with Crippen molar-refractivity contribution in [2.24, 2.45) is 0 Å². The molecule has 2 fully saturated rings. The Morgan fingerprint density at radius 2 is 2.16 bits per heavy atom. The predicted octanol–water partition coefficient (Wildman–Crippen LogP) is 3.40. The first-order chi connectivity index (χ1) is 12.2. The summed E-state index contributed by atoms with van der Waals surface area (Å²) >= 11 is 1.86. The molecule has 0 bridgehead atoms. The van der Waals surface area contributed by atoms with Crippen LogP contribution in [0, 0.1) is 0 Å². The van der Waals surface area contributed by atoms with E-state index in [1.54, 1.807) is 0 Å². The van der Waals surface area contributed by atoms with Gasteiger partial charge in [0, 0.05) is 43.3 Å². The second-order valence-electron chi connectivity index (χ2n) is 7.44. The van der Waals surface area contributed by atoms with Crippen molar-refractivity contribution in [1.82, 2.24) is 14.8 Å². The van der Waals surface area contributed by atoms with Gasteiger partial charge in [0.2, 0.25) is 0 Å². The highest BCUT2D eigenvalue weighted by Crippen LogP contribution is 2.38. The number of pyridine rings is 1. The Balaban J connectivity index is 1.28. The van der Waals surface area contributed by atoms with E-state index < -0.39 is 0 Å². The number of nitrogens with zero attached hydrogens (tertiary/aromatic N) is 3. The number of hydrogen-bond donors (Lipinski definition) is 0. The SMILES string of the molecule is CN(Cc1ccccn1)[C@@H]1COC2(CCN(Cc3cccs3)CC2)C1. The van der Waals surface area contributed by atoms with Crippen LogP contribution >= 0.6 is 11.3 Å². The van der Waals surface area contributed by atoms with Crippen LogP contribution in [0.15, 0.2) is 41.9 Å². The van der Waals surface area contributed by atoms with Gasteiger partial charge in [-0.3, -0.25) is 14.8 Å². The first-order valence-corrected chi connectivity index (χ1v) is 10.1. The molecule has 1 spiro atoms. The van der Waals surface area contributed by atoms with Gasteiger partial charge < -0.3 is 4.74 Å². The Morgan fingerprint density at radius 1 is 1.28 bits per heavy atom. The Kier molecular flexibility index (Phi) is 5.17. The van der Waals surface area contributed by atoms with Crippen LogP contribution in [0.2, 0.25) is 0 Å². The van der Waals surface area contributed by atoms with Crippen molar-refractivity contribution in [3.63, 3.8) is 0 Å². The summed E-state index contributed by atoms with van der Waals surface area (Å²) in [6, 6.07) is 11.0. The molecule has 0 aliphatic carbocycles. The maximum absolute atomic E-state index is 6.35. The van der Waals surface area contributed by atoms with Gasteiger partial charge in [0.25, 0.3) is 0 Å². The Bertz CT molecular complexity index is 653. The molecule has 4 nitrogen and oxygen atoms in total. The lowest BCUT2D eigenvalue weighted by molar-refractivity contribution is -0.0451. The summed E-state index contributed by atoms with van der Waals surface area (Å²) in [6.45, 7) is 5.14. The standard InChI is InChI=1S/C20H27N3OS/c1-22(14-17-5-2-3-9-21-17)18-13-20(24-16-18)7-10-23(11-8-20)15-19-6-4-12-25-19/h2-6,9,12,18H,7-8,10-11,13-16H2,1H3/t18-/m0/s1. The van der Waals surface area contributed by atoms with E-state index in [0.29, 0.717) is 6.04 Å². The maximum Gasteiger partial charge on any atom is 0.0723 e. The van der Waals surface area contributed by atoms with E-state index in [1.807, 2.05) is 23.6 Å². The van der Waals surface area contributed by atoms with Crippen molar-refractivity contribution in [1.29, 1.82) is 0 Å². The molecule has 2 aliphatic rings. The van der Waals surface area contributed by atoms with Gasteiger partial charge in [-0.1, -0.05) is 12.1 Å². The average Bonchev–Trinajstić information content (AvgIpc) is 3.29. The first-order valence-electron chi connectivity index (χ1n) is 9.21. The molecular formula is C20H27N3OS. The zero-order valence-corrected chi connectivity index (χ0v) is 15.8. The predicted molar refractivity (Wildman–Crippen MR) is 102 cm³/mol. The largest absolute Gasteiger partial charge is 0.373 e. The van der Waals surface area contributed by atoms with E-state index in [2.05, 4.69) is 51.5 Å². The monoisotopic (exact) mass is 357 g/mol. The van der Waals surface area contributed by atoms with E-state index in [1.165, 1.54) is 4.88 Å². The lowest BCUT2D eigenvalue weighted by Gasteiger charge is -2.38. The fourth-order valence-electron chi connectivity index (χ4n) is 4.07. The highest BCUT2D eigenvalue weighted by Gasteiger charge is 2.43. The highest BCUT2D eigenvalue weighted by molar-refractivity contribution is 7.09. The van der Waals surface area contributed by atoms with Crippen LogP contribution in [0.5, 0.6) is 0 Å².